The molecule has 30 atom stereocenters. The molecule has 19 N–H and O–H groups in total. The molecule has 6 aliphatic rings. The summed E-state index contributed by atoms with van der Waals surface area (Å²) in [6.07, 6.45) is -57.0. The number of hydrogen-bond acceptors (Lipinski definition) is 33. The van der Waals surface area contributed by atoms with Crippen LogP contribution in [0.5, 0.6) is 5.75 Å². The van der Waals surface area contributed by atoms with Gasteiger partial charge in [-0.05, 0) is 12.1 Å². The number of nitro groups is 1. The summed E-state index contributed by atoms with van der Waals surface area (Å²) in [5.41, 5.74) is -0.279. The van der Waals surface area contributed by atoms with E-state index in [-0.39, 0.29) is 11.4 Å². The zero-order chi connectivity index (χ0) is 55.6. The quantitative estimate of drug-likeness (QED) is 0.0452. The van der Waals surface area contributed by atoms with Crippen LogP contribution in [-0.2, 0) is 52.1 Å². The molecule has 6 aliphatic heterocycles. The number of benzene rings is 1. The molecular formula is C42H65NO33. The van der Waals surface area contributed by atoms with Crippen molar-refractivity contribution in [3.8, 4) is 5.75 Å². The maximum absolute atomic E-state index is 11.3. The lowest BCUT2D eigenvalue weighted by Gasteiger charge is -2.49. The molecule has 0 spiro atoms. The van der Waals surface area contributed by atoms with Crippen LogP contribution in [0.1, 0.15) is 0 Å². The highest BCUT2D eigenvalue weighted by atomic mass is 16.8. The van der Waals surface area contributed by atoms with E-state index in [0.29, 0.717) is 0 Å². The summed E-state index contributed by atoms with van der Waals surface area (Å²) in [6, 6.07) is 4.55. The Morgan fingerprint density at radius 3 is 0.842 bits per heavy atom. The van der Waals surface area contributed by atoms with Gasteiger partial charge < -0.3 is 154 Å². The van der Waals surface area contributed by atoms with Crippen LogP contribution < -0.4 is 4.74 Å². The third-order valence-corrected chi connectivity index (χ3v) is 13.7. The highest BCUT2D eigenvalue weighted by Gasteiger charge is 2.57. The molecule has 0 amide bonds. The van der Waals surface area contributed by atoms with Gasteiger partial charge in [-0.2, -0.15) is 0 Å². The second-order valence-electron chi connectivity index (χ2n) is 18.6. The van der Waals surface area contributed by atoms with Gasteiger partial charge in [0.05, 0.1) is 44.6 Å². The highest BCUT2D eigenvalue weighted by molar-refractivity contribution is 5.36. The molecule has 0 bridgehead atoms. The van der Waals surface area contributed by atoms with Crippen LogP contribution in [0.15, 0.2) is 24.3 Å². The van der Waals surface area contributed by atoms with Crippen LogP contribution in [0.25, 0.3) is 0 Å². The standard InChI is InChI=1S/C42H65NO33/c44-5-13-19(50)20(51)26(57)38(66-13)72-33-15(7-46)68-40(28(59)22(33)53)74-35-17(9-48)70-42(30(61)24(35)55)76-36-18(10-49)71-41(31(62)25(36)56)75-34-16(8-47)69-39(29(60)23(34)54)73-32-14(6-45)67-37(27(58)21(32)52)65-12-3-1-11(2-4-12)43(63)64/h1-4,13-42,44-62H,5-10H2/t13-,14-,15-,16-,17-,18-,19-,20+,21-,22-,23-,24-,25-,26-,27-,28-,29-,30-,31-,32-,33-,34-,35-,36-,37+,38-,39-,40-,41-,42-/m1/s1. The molecule has 436 valence electrons. The zero-order valence-electron chi connectivity index (χ0n) is 39.5. The Morgan fingerprint density at radius 2 is 0.579 bits per heavy atom. The van der Waals surface area contributed by atoms with Gasteiger partial charge >= 0.3 is 0 Å². The molecule has 0 unspecified atom stereocenters. The Kier molecular flexibility index (Phi) is 21.0. The van der Waals surface area contributed by atoms with Crippen LogP contribution in [0.3, 0.4) is 0 Å². The third kappa shape index (κ3) is 12.6. The van der Waals surface area contributed by atoms with Gasteiger partial charge in [-0.1, -0.05) is 0 Å². The van der Waals surface area contributed by atoms with Crippen molar-refractivity contribution >= 4 is 5.69 Å². The minimum Gasteiger partial charge on any atom is -0.462 e. The fourth-order valence-electron chi connectivity index (χ4n) is 9.39. The van der Waals surface area contributed by atoms with Crippen molar-refractivity contribution < 1.29 is 159 Å². The number of ether oxygens (including phenoxy) is 12. The van der Waals surface area contributed by atoms with Gasteiger partial charge in [-0.25, -0.2) is 0 Å². The molecular weight excluding hydrogens is 1050 g/mol. The maximum Gasteiger partial charge on any atom is 0.269 e. The maximum atomic E-state index is 11.3. The highest BCUT2D eigenvalue weighted by Crippen LogP contribution is 2.37. The van der Waals surface area contributed by atoms with Crippen molar-refractivity contribution in [2.45, 2.75) is 184 Å². The first kappa shape index (κ1) is 60.9. The Morgan fingerprint density at radius 1 is 0.342 bits per heavy atom. The molecule has 6 fully saturated rings. The average Bonchev–Trinajstić information content (AvgIpc) is 3.43. The second kappa shape index (κ2) is 26.2. The Bertz CT molecular complexity index is 1960. The van der Waals surface area contributed by atoms with Gasteiger partial charge in [0.15, 0.2) is 31.5 Å². The number of hydrogen-bond donors (Lipinski definition) is 19. The summed E-state index contributed by atoms with van der Waals surface area (Å²) in [7, 11) is 0. The fourth-order valence-corrected chi connectivity index (χ4v) is 9.39. The van der Waals surface area contributed by atoms with Crippen LogP contribution in [0.2, 0.25) is 0 Å². The topological polar surface area (TPSA) is 538 Å². The summed E-state index contributed by atoms with van der Waals surface area (Å²) in [5, 5.41) is 214. The monoisotopic (exact) mass is 1110 g/mol. The number of nitrogens with zero attached hydrogens (tertiary/aromatic N) is 1. The number of nitro benzene ring substituents is 1. The summed E-state index contributed by atoms with van der Waals surface area (Å²) in [4.78, 5) is 10.3. The molecule has 1 aromatic rings. The van der Waals surface area contributed by atoms with Crippen LogP contribution in [-0.4, -0.2) is 326 Å². The second-order valence-corrected chi connectivity index (χ2v) is 18.6. The van der Waals surface area contributed by atoms with E-state index in [4.69, 9.17) is 56.8 Å². The van der Waals surface area contributed by atoms with Gasteiger partial charge in [-0.3, -0.25) is 10.1 Å². The SMILES string of the molecule is O=[N+]([O-])c1ccc(O[C@H]2O[C@H](CO)[C@@H](O[C@H]3O[C@H](CO)[C@@H](O[C@H]4O[C@H](CO)[C@@H](O[C@H]5O[C@H](CO)[C@@H](O[C@H]6O[C@H](CO)[C@@H](O[C@H]7O[C@H](CO)[C@@H](O)[C@H](O)[C@H]7O)[C@H](O)[C@H]6O)[C@H](O)[C@H]5O)[C@H](O)[C@H]4O)[C@H](O)[C@H]3O)[C@H](O)[C@H]2O)cc1. The van der Waals surface area contributed by atoms with Crippen LogP contribution in [0, 0.1) is 10.1 Å². The largest absolute Gasteiger partial charge is 0.462 e. The predicted octanol–water partition coefficient (Wildman–Crippen LogP) is -12.1. The molecule has 1 aromatic carbocycles. The third-order valence-electron chi connectivity index (χ3n) is 13.7. The number of rotatable bonds is 19. The predicted molar refractivity (Wildman–Crippen MR) is 231 cm³/mol. The minimum atomic E-state index is -2.20. The van der Waals surface area contributed by atoms with E-state index in [1.807, 2.05) is 0 Å². The normalized spacial score (nSPS) is 48.3. The van der Waals surface area contributed by atoms with Gasteiger partial charge in [0.1, 0.15) is 152 Å². The molecule has 0 aromatic heterocycles. The first-order chi connectivity index (χ1) is 36.1. The van der Waals surface area contributed by atoms with E-state index < -0.39 is 229 Å². The van der Waals surface area contributed by atoms with Crippen LogP contribution >= 0.6 is 0 Å². The van der Waals surface area contributed by atoms with Gasteiger partial charge in [0.25, 0.3) is 5.69 Å². The van der Waals surface area contributed by atoms with E-state index in [1.165, 1.54) is 12.1 Å². The van der Waals surface area contributed by atoms with Crippen molar-refractivity contribution in [2.75, 3.05) is 39.6 Å². The van der Waals surface area contributed by atoms with E-state index in [0.717, 1.165) is 12.1 Å². The lowest BCUT2D eigenvalue weighted by atomic mass is 9.95. The molecule has 34 heteroatoms. The summed E-state index contributed by atoms with van der Waals surface area (Å²) in [5.74, 6) is -0.0341. The zero-order valence-corrected chi connectivity index (χ0v) is 39.5. The summed E-state index contributed by atoms with van der Waals surface area (Å²) < 4.78 is 67.0. The van der Waals surface area contributed by atoms with Crippen molar-refractivity contribution in [3.05, 3.63) is 34.4 Å². The molecule has 0 aliphatic carbocycles. The fraction of sp³-hybridized carbons (Fsp3) is 0.857. The van der Waals surface area contributed by atoms with E-state index in [2.05, 4.69) is 0 Å². The molecule has 6 saturated heterocycles. The smallest absolute Gasteiger partial charge is 0.269 e. The summed E-state index contributed by atoms with van der Waals surface area (Å²) in [6.45, 7) is -5.80. The summed E-state index contributed by atoms with van der Waals surface area (Å²) >= 11 is 0. The van der Waals surface area contributed by atoms with Crippen LogP contribution in [0.4, 0.5) is 5.69 Å². The van der Waals surface area contributed by atoms with E-state index in [1.54, 1.807) is 0 Å². The van der Waals surface area contributed by atoms with Crippen molar-refractivity contribution in [1.82, 2.24) is 0 Å². The lowest BCUT2D eigenvalue weighted by Crippen LogP contribution is -2.68. The molecule has 0 radical (unpaired) electrons. The molecule has 7 rings (SSSR count). The first-order valence-electron chi connectivity index (χ1n) is 23.7. The lowest BCUT2D eigenvalue weighted by molar-refractivity contribution is -0.395. The number of aliphatic hydroxyl groups is 19. The molecule has 76 heavy (non-hydrogen) atoms. The Labute approximate surface area is 428 Å². The van der Waals surface area contributed by atoms with Crippen molar-refractivity contribution in [3.63, 3.8) is 0 Å². The Hall–Kier alpha value is -2.78. The first-order valence-corrected chi connectivity index (χ1v) is 23.7. The van der Waals surface area contributed by atoms with Gasteiger partial charge in [-0.15, -0.1) is 0 Å². The van der Waals surface area contributed by atoms with Gasteiger partial charge in [0, 0.05) is 12.1 Å². The minimum absolute atomic E-state index is 0.0341. The number of aliphatic hydroxyl groups excluding tert-OH is 19. The average molecular weight is 1110 g/mol. The van der Waals surface area contributed by atoms with Crippen molar-refractivity contribution in [1.29, 1.82) is 0 Å². The molecule has 6 heterocycles. The molecule has 0 saturated carbocycles. The van der Waals surface area contributed by atoms with E-state index in [9.17, 15) is 107 Å². The van der Waals surface area contributed by atoms with Crippen molar-refractivity contribution in [2.24, 2.45) is 0 Å². The van der Waals surface area contributed by atoms with E-state index >= 15 is 0 Å². The Balaban J connectivity index is 0.946. The molecule has 34 nitrogen and oxygen atoms in total. The van der Waals surface area contributed by atoms with Gasteiger partial charge in [0.2, 0.25) is 6.29 Å². The number of non-ortho nitro benzene ring substituents is 1.